The zero-order valence-corrected chi connectivity index (χ0v) is 13.7. The topological polar surface area (TPSA) is 58.9 Å². The van der Waals surface area contributed by atoms with Crippen LogP contribution in [-0.2, 0) is 4.79 Å². The molecule has 23 heavy (non-hydrogen) atoms. The number of aryl methyl sites for hydroxylation is 1. The zero-order chi connectivity index (χ0) is 16.7. The van der Waals surface area contributed by atoms with Crippen molar-refractivity contribution in [3.63, 3.8) is 0 Å². The van der Waals surface area contributed by atoms with E-state index < -0.39 is 0 Å². The maximum Gasteiger partial charge on any atom is 0.233 e. The molecule has 1 N–H and O–H groups in total. The summed E-state index contributed by atoms with van der Waals surface area (Å²) >= 11 is 1.32. The van der Waals surface area contributed by atoms with Crippen LogP contribution in [0, 0.1) is 6.92 Å². The summed E-state index contributed by atoms with van der Waals surface area (Å²) in [7, 11) is 1.47. The van der Waals surface area contributed by atoms with Crippen LogP contribution >= 0.6 is 11.8 Å². The van der Waals surface area contributed by atoms with Gasteiger partial charge in [-0.1, -0.05) is 41.6 Å². The standard InChI is InChI=1S/C18H17NO3S/c1-13-3-5-14(6-4-13)9-10-23-18(19-12-20)15-7-8-16(21)17(11-15)22-2/h3-12,21H,1-2H3/b10-9-,19-18?. The molecular formula is C18H17NO3S. The summed E-state index contributed by atoms with van der Waals surface area (Å²) in [6.45, 7) is 2.04. The van der Waals surface area contributed by atoms with Crippen LogP contribution in [0.2, 0.25) is 0 Å². The second kappa shape index (κ2) is 8.19. The molecule has 0 radical (unpaired) electrons. The van der Waals surface area contributed by atoms with E-state index in [1.54, 1.807) is 12.1 Å². The average Bonchev–Trinajstić information content (AvgIpc) is 2.56. The van der Waals surface area contributed by atoms with Crippen LogP contribution in [0.4, 0.5) is 0 Å². The quantitative estimate of drug-likeness (QED) is 0.512. The molecule has 2 aromatic carbocycles. The zero-order valence-electron chi connectivity index (χ0n) is 12.9. The van der Waals surface area contributed by atoms with Crippen LogP contribution in [0.15, 0.2) is 52.9 Å². The van der Waals surface area contributed by atoms with Crippen molar-refractivity contribution >= 4 is 29.3 Å². The number of aliphatic imine (C=N–C) groups is 1. The van der Waals surface area contributed by atoms with E-state index in [-0.39, 0.29) is 5.75 Å². The van der Waals surface area contributed by atoms with Gasteiger partial charge in [0.2, 0.25) is 6.41 Å². The third kappa shape index (κ3) is 4.72. The largest absolute Gasteiger partial charge is 0.504 e. The highest BCUT2D eigenvalue weighted by atomic mass is 32.2. The maximum absolute atomic E-state index is 10.8. The molecule has 0 spiro atoms. The Morgan fingerprint density at radius 2 is 1.96 bits per heavy atom. The third-order valence-corrected chi connectivity index (χ3v) is 3.95. The van der Waals surface area contributed by atoms with Gasteiger partial charge in [0.15, 0.2) is 11.5 Å². The Kier molecular flexibility index (Phi) is 6.00. The first-order valence-corrected chi connectivity index (χ1v) is 7.80. The number of nitrogens with zero attached hydrogens (tertiary/aromatic N) is 1. The lowest BCUT2D eigenvalue weighted by atomic mass is 10.2. The van der Waals surface area contributed by atoms with Gasteiger partial charge in [-0.05, 0) is 42.2 Å². The van der Waals surface area contributed by atoms with Crippen LogP contribution in [0.3, 0.4) is 0 Å². The van der Waals surface area contributed by atoms with Gasteiger partial charge in [0, 0.05) is 5.56 Å². The first kappa shape index (κ1) is 16.8. The minimum Gasteiger partial charge on any atom is -0.504 e. The minimum atomic E-state index is 0.0434. The van der Waals surface area contributed by atoms with Gasteiger partial charge in [-0.2, -0.15) is 0 Å². The molecule has 0 heterocycles. The molecule has 118 valence electrons. The Bertz CT molecular complexity index is 736. The smallest absolute Gasteiger partial charge is 0.233 e. The lowest BCUT2D eigenvalue weighted by Gasteiger charge is -2.07. The fourth-order valence-electron chi connectivity index (χ4n) is 1.89. The monoisotopic (exact) mass is 327 g/mol. The first-order chi connectivity index (χ1) is 11.1. The lowest BCUT2D eigenvalue weighted by Crippen LogP contribution is -1.96. The SMILES string of the molecule is COc1cc(C(=NC=O)S/C=C\c2ccc(C)cc2)ccc1O. The van der Waals surface area contributed by atoms with Gasteiger partial charge in [-0.25, -0.2) is 4.99 Å². The van der Waals surface area contributed by atoms with E-state index in [9.17, 15) is 9.90 Å². The summed E-state index contributed by atoms with van der Waals surface area (Å²) in [5, 5.41) is 12.0. The van der Waals surface area contributed by atoms with Gasteiger partial charge >= 0.3 is 0 Å². The molecule has 2 rings (SSSR count). The number of amides is 1. The molecule has 0 aromatic heterocycles. The number of carbonyl (C=O) groups excluding carboxylic acids is 1. The van der Waals surface area contributed by atoms with Crippen LogP contribution in [-0.4, -0.2) is 23.7 Å². The highest BCUT2D eigenvalue weighted by Gasteiger charge is 2.08. The molecule has 1 amide bonds. The summed E-state index contributed by atoms with van der Waals surface area (Å²) in [5.41, 5.74) is 2.97. The van der Waals surface area contributed by atoms with Crippen molar-refractivity contribution < 1.29 is 14.6 Å². The van der Waals surface area contributed by atoms with Gasteiger partial charge in [-0.3, -0.25) is 4.79 Å². The van der Waals surface area contributed by atoms with Crippen molar-refractivity contribution in [2.75, 3.05) is 7.11 Å². The van der Waals surface area contributed by atoms with Gasteiger partial charge in [-0.15, -0.1) is 0 Å². The third-order valence-electron chi connectivity index (χ3n) is 3.11. The van der Waals surface area contributed by atoms with E-state index in [1.807, 2.05) is 42.7 Å². The Balaban J connectivity index is 2.17. The molecule has 0 saturated carbocycles. The molecule has 0 aliphatic rings. The van der Waals surface area contributed by atoms with Crippen LogP contribution < -0.4 is 4.74 Å². The van der Waals surface area contributed by atoms with Crippen LogP contribution in [0.1, 0.15) is 16.7 Å². The average molecular weight is 327 g/mol. The van der Waals surface area contributed by atoms with Crippen molar-refractivity contribution in [2.45, 2.75) is 6.92 Å². The molecule has 5 heteroatoms. The lowest BCUT2D eigenvalue weighted by molar-refractivity contribution is -0.106. The number of rotatable bonds is 5. The van der Waals surface area contributed by atoms with Crippen molar-refractivity contribution in [2.24, 2.45) is 4.99 Å². The van der Waals surface area contributed by atoms with E-state index in [4.69, 9.17) is 4.74 Å². The highest BCUT2D eigenvalue weighted by molar-refractivity contribution is 8.17. The number of benzene rings is 2. The van der Waals surface area contributed by atoms with Gasteiger partial charge in [0.05, 0.1) is 7.11 Å². The predicted molar refractivity (Wildman–Crippen MR) is 95.1 cm³/mol. The fraction of sp³-hybridized carbons (Fsp3) is 0.111. The van der Waals surface area contributed by atoms with Gasteiger partial charge in [0.1, 0.15) is 5.04 Å². The fourth-order valence-corrected chi connectivity index (χ4v) is 2.61. The molecule has 0 fully saturated rings. The normalized spacial score (nSPS) is 11.7. The Labute approximate surface area is 139 Å². The summed E-state index contributed by atoms with van der Waals surface area (Å²) in [6.07, 6.45) is 2.45. The molecule has 0 unspecified atom stereocenters. The first-order valence-electron chi connectivity index (χ1n) is 6.92. The number of hydrogen-bond donors (Lipinski definition) is 1. The summed E-state index contributed by atoms with van der Waals surface area (Å²) < 4.78 is 5.08. The van der Waals surface area contributed by atoms with Crippen molar-refractivity contribution in [3.8, 4) is 11.5 Å². The van der Waals surface area contributed by atoms with Crippen molar-refractivity contribution in [1.82, 2.24) is 0 Å². The molecule has 0 atom stereocenters. The summed E-state index contributed by atoms with van der Waals surface area (Å²) in [6, 6.07) is 13.0. The molecule has 2 aromatic rings. The second-order valence-corrected chi connectivity index (χ2v) is 5.65. The van der Waals surface area contributed by atoms with E-state index in [0.717, 1.165) is 5.56 Å². The number of thioether (sulfide) groups is 1. The van der Waals surface area contributed by atoms with E-state index in [2.05, 4.69) is 4.99 Å². The van der Waals surface area contributed by atoms with E-state index in [1.165, 1.54) is 30.5 Å². The molecule has 0 aliphatic carbocycles. The summed E-state index contributed by atoms with van der Waals surface area (Å²) in [4.78, 5) is 14.6. The maximum atomic E-state index is 10.8. The van der Waals surface area contributed by atoms with Crippen LogP contribution in [0.25, 0.3) is 6.08 Å². The minimum absolute atomic E-state index is 0.0434. The molecule has 4 nitrogen and oxygen atoms in total. The number of methoxy groups -OCH3 is 1. The van der Waals surface area contributed by atoms with Crippen molar-refractivity contribution in [1.29, 1.82) is 0 Å². The molecular weight excluding hydrogens is 310 g/mol. The summed E-state index contributed by atoms with van der Waals surface area (Å²) in [5.74, 6) is 0.381. The van der Waals surface area contributed by atoms with Crippen LogP contribution in [0.5, 0.6) is 11.5 Å². The number of phenolic OH excluding ortho intramolecular Hbond substituents is 1. The number of aromatic hydroxyl groups is 1. The van der Waals surface area contributed by atoms with E-state index >= 15 is 0 Å². The molecule has 0 aliphatic heterocycles. The van der Waals surface area contributed by atoms with Gasteiger partial charge in [0.25, 0.3) is 0 Å². The highest BCUT2D eigenvalue weighted by Crippen LogP contribution is 2.28. The number of carbonyl (C=O) groups is 1. The molecule has 0 saturated heterocycles. The van der Waals surface area contributed by atoms with Gasteiger partial charge < -0.3 is 9.84 Å². The Morgan fingerprint density at radius 3 is 2.61 bits per heavy atom. The number of hydrogen-bond acceptors (Lipinski definition) is 4. The number of ether oxygens (including phenoxy) is 1. The van der Waals surface area contributed by atoms with E-state index in [0.29, 0.717) is 22.8 Å². The van der Waals surface area contributed by atoms with Crippen molar-refractivity contribution in [3.05, 3.63) is 64.6 Å². The predicted octanol–water partition coefficient (Wildman–Crippen LogP) is 4.02. The Hall–Kier alpha value is -2.53. The Morgan fingerprint density at radius 1 is 1.22 bits per heavy atom. The number of phenols is 1. The molecule has 0 bridgehead atoms. The second-order valence-electron chi connectivity index (χ2n) is 4.76.